The predicted molar refractivity (Wildman–Crippen MR) is 130 cm³/mol. The number of rotatable bonds is 5. The molecule has 2 aromatic rings. The Kier molecular flexibility index (Phi) is 4.50. The van der Waals surface area contributed by atoms with Crippen molar-refractivity contribution < 1.29 is 16.8 Å². The first-order valence-corrected chi connectivity index (χ1v) is 14.5. The van der Waals surface area contributed by atoms with Crippen LogP contribution in [0.1, 0.15) is 24.0 Å². The standard InChI is InChI=1S/C26H28N2O4S2/c1-19-3-7-23(8-4-19)33(29,30)27-13-11-25(15-21(25)17-27)26-12-14-28(18-22(26)16-26)34(31,32)24-9-5-20(2)6-10-24/h3-14,21-22H,15-18H2,1-2H3. The largest absolute Gasteiger partial charge is 0.273 e. The van der Waals surface area contributed by atoms with Gasteiger partial charge in [0.1, 0.15) is 0 Å². The summed E-state index contributed by atoms with van der Waals surface area (Å²) in [6.07, 6.45) is 9.53. The van der Waals surface area contributed by atoms with Crippen molar-refractivity contribution in [1.29, 1.82) is 0 Å². The van der Waals surface area contributed by atoms with Gasteiger partial charge in [-0.15, -0.1) is 0 Å². The molecule has 2 aliphatic carbocycles. The van der Waals surface area contributed by atoms with Crippen LogP contribution in [0.25, 0.3) is 0 Å². The van der Waals surface area contributed by atoms with E-state index in [2.05, 4.69) is 12.2 Å². The minimum Gasteiger partial charge on any atom is -0.273 e. The first kappa shape index (κ1) is 21.9. The minimum atomic E-state index is -3.57. The molecule has 4 aliphatic rings. The van der Waals surface area contributed by atoms with Gasteiger partial charge in [-0.2, -0.15) is 0 Å². The lowest BCUT2D eigenvalue weighted by molar-refractivity contribution is 0.293. The van der Waals surface area contributed by atoms with Gasteiger partial charge < -0.3 is 0 Å². The summed E-state index contributed by atoms with van der Waals surface area (Å²) < 4.78 is 55.5. The lowest BCUT2D eigenvalue weighted by Gasteiger charge is -2.34. The Balaban J connectivity index is 1.23. The molecule has 8 heteroatoms. The third-order valence-corrected chi connectivity index (χ3v) is 11.8. The molecule has 0 spiro atoms. The summed E-state index contributed by atoms with van der Waals surface area (Å²) in [6, 6.07) is 13.9. The molecule has 2 aliphatic heterocycles. The zero-order valence-corrected chi connectivity index (χ0v) is 20.9. The second-order valence-electron chi connectivity index (χ2n) is 10.3. The summed E-state index contributed by atoms with van der Waals surface area (Å²) >= 11 is 0. The molecule has 4 unspecified atom stereocenters. The van der Waals surface area contributed by atoms with Crippen LogP contribution >= 0.6 is 0 Å². The third-order valence-electron chi connectivity index (χ3n) is 8.30. The topological polar surface area (TPSA) is 74.8 Å². The molecule has 2 heterocycles. The van der Waals surface area contributed by atoms with Crippen LogP contribution in [0.2, 0.25) is 0 Å². The van der Waals surface area contributed by atoms with Crippen molar-refractivity contribution in [2.75, 3.05) is 13.1 Å². The van der Waals surface area contributed by atoms with Crippen LogP contribution in [0.3, 0.4) is 0 Å². The molecule has 0 saturated heterocycles. The van der Waals surface area contributed by atoms with E-state index >= 15 is 0 Å². The van der Waals surface area contributed by atoms with Crippen molar-refractivity contribution in [2.45, 2.75) is 36.5 Å². The lowest BCUT2D eigenvalue weighted by Crippen LogP contribution is -2.37. The van der Waals surface area contributed by atoms with Crippen molar-refractivity contribution in [2.24, 2.45) is 22.7 Å². The normalized spacial score (nSPS) is 31.7. The van der Waals surface area contributed by atoms with Crippen LogP contribution in [0.4, 0.5) is 0 Å². The van der Waals surface area contributed by atoms with Gasteiger partial charge in [-0.1, -0.05) is 47.5 Å². The summed E-state index contributed by atoms with van der Waals surface area (Å²) in [5.41, 5.74) is 1.92. The maximum absolute atomic E-state index is 13.1. The molecule has 0 amide bonds. The molecule has 178 valence electrons. The average Bonchev–Trinajstić information content (AvgIpc) is 3.71. The summed E-state index contributed by atoms with van der Waals surface area (Å²) in [7, 11) is -7.14. The van der Waals surface area contributed by atoms with Crippen molar-refractivity contribution in [3.8, 4) is 0 Å². The van der Waals surface area contributed by atoms with E-state index in [0.29, 0.717) is 22.9 Å². The number of benzene rings is 2. The smallest absolute Gasteiger partial charge is 0.263 e. The van der Waals surface area contributed by atoms with Gasteiger partial charge in [-0.3, -0.25) is 8.61 Å². The Hall–Kier alpha value is -2.58. The average molecular weight is 497 g/mol. The van der Waals surface area contributed by atoms with Gasteiger partial charge in [0.05, 0.1) is 9.79 Å². The third kappa shape index (κ3) is 3.04. The molecule has 34 heavy (non-hydrogen) atoms. The summed E-state index contributed by atoms with van der Waals surface area (Å²) in [6.45, 7) is 4.82. The van der Waals surface area contributed by atoms with Gasteiger partial charge in [0.2, 0.25) is 0 Å². The highest BCUT2D eigenvalue weighted by molar-refractivity contribution is 7.89. The number of nitrogens with zero attached hydrogens (tertiary/aromatic N) is 2. The van der Waals surface area contributed by atoms with Gasteiger partial charge >= 0.3 is 0 Å². The molecule has 6 nitrogen and oxygen atoms in total. The first-order valence-electron chi connectivity index (χ1n) is 11.6. The molecular formula is C26H28N2O4S2. The van der Waals surface area contributed by atoms with Crippen LogP contribution < -0.4 is 0 Å². The number of aryl methyl sites for hydroxylation is 2. The van der Waals surface area contributed by atoms with Crippen LogP contribution in [-0.4, -0.2) is 38.5 Å². The van der Waals surface area contributed by atoms with Crippen molar-refractivity contribution in [1.82, 2.24) is 8.61 Å². The van der Waals surface area contributed by atoms with Crippen molar-refractivity contribution in [3.63, 3.8) is 0 Å². The molecule has 2 fully saturated rings. The van der Waals surface area contributed by atoms with Gasteiger partial charge in [0, 0.05) is 36.3 Å². The first-order chi connectivity index (χ1) is 16.1. The Morgan fingerprint density at radius 1 is 0.647 bits per heavy atom. The van der Waals surface area contributed by atoms with E-state index in [1.807, 2.05) is 38.1 Å². The monoisotopic (exact) mass is 496 g/mol. The van der Waals surface area contributed by atoms with Crippen molar-refractivity contribution in [3.05, 3.63) is 84.2 Å². The van der Waals surface area contributed by atoms with Gasteiger partial charge in [0.25, 0.3) is 20.0 Å². The predicted octanol–water partition coefficient (Wildman–Crippen LogP) is 4.05. The number of hydrogen-bond donors (Lipinski definition) is 0. The van der Waals surface area contributed by atoms with E-state index in [1.54, 1.807) is 36.7 Å². The highest BCUT2D eigenvalue weighted by atomic mass is 32.2. The van der Waals surface area contributed by atoms with E-state index in [9.17, 15) is 16.8 Å². The van der Waals surface area contributed by atoms with Crippen molar-refractivity contribution >= 4 is 20.0 Å². The fourth-order valence-corrected chi connectivity index (χ4v) is 8.74. The van der Waals surface area contributed by atoms with Crippen LogP contribution in [0.15, 0.2) is 82.9 Å². The maximum atomic E-state index is 13.1. The molecule has 0 N–H and O–H groups in total. The van der Waals surface area contributed by atoms with E-state index in [4.69, 9.17) is 0 Å². The zero-order chi connectivity index (χ0) is 23.9. The SMILES string of the molecule is Cc1ccc(S(=O)(=O)N2C=CC3(C45C=CN(S(=O)(=O)c6ccc(C)cc6)CC4C5)CC3C2)cc1. The van der Waals surface area contributed by atoms with E-state index in [0.717, 1.165) is 24.0 Å². The molecule has 0 aromatic heterocycles. The molecule has 6 rings (SSSR count). The fourth-order valence-electron chi connectivity index (χ4n) is 6.05. The van der Waals surface area contributed by atoms with Gasteiger partial charge in [-0.25, -0.2) is 16.8 Å². The maximum Gasteiger partial charge on any atom is 0.263 e. The highest BCUT2D eigenvalue weighted by Gasteiger charge is 2.75. The number of allylic oxidation sites excluding steroid dienone is 2. The molecule has 4 atom stereocenters. The zero-order valence-electron chi connectivity index (χ0n) is 19.3. The Bertz CT molecular complexity index is 1320. The van der Waals surface area contributed by atoms with E-state index in [1.165, 1.54) is 8.61 Å². The molecule has 0 bridgehead atoms. The van der Waals surface area contributed by atoms with Crippen LogP contribution in [0, 0.1) is 36.5 Å². The van der Waals surface area contributed by atoms with E-state index in [-0.39, 0.29) is 22.7 Å². The highest BCUT2D eigenvalue weighted by Crippen LogP contribution is 2.79. The Morgan fingerprint density at radius 3 is 1.32 bits per heavy atom. The minimum absolute atomic E-state index is 0.0623. The Labute approximate surface area is 201 Å². The molecule has 0 radical (unpaired) electrons. The summed E-state index contributed by atoms with van der Waals surface area (Å²) in [5, 5.41) is 0. The quantitative estimate of drug-likeness (QED) is 0.626. The lowest BCUT2D eigenvalue weighted by atomic mass is 9.79. The van der Waals surface area contributed by atoms with Gasteiger partial charge in [0.15, 0.2) is 0 Å². The number of hydrogen-bond acceptors (Lipinski definition) is 4. The van der Waals surface area contributed by atoms with Crippen LogP contribution in [-0.2, 0) is 20.0 Å². The molecular weight excluding hydrogens is 468 g/mol. The fraction of sp³-hybridized carbons (Fsp3) is 0.385. The summed E-state index contributed by atoms with van der Waals surface area (Å²) in [4.78, 5) is 0.626. The second kappa shape index (κ2) is 6.98. The second-order valence-corrected chi connectivity index (χ2v) is 14.1. The number of sulfonamides is 2. The Morgan fingerprint density at radius 2 is 1.00 bits per heavy atom. The molecule has 2 aromatic carbocycles. The van der Waals surface area contributed by atoms with E-state index < -0.39 is 20.0 Å². The van der Waals surface area contributed by atoms with Gasteiger partial charge in [-0.05, 0) is 62.8 Å². The summed E-state index contributed by atoms with van der Waals surface area (Å²) in [5.74, 6) is 0.514. The van der Waals surface area contributed by atoms with Crippen LogP contribution in [0.5, 0.6) is 0 Å². The number of fused-ring (bicyclic) bond motifs is 3. The molecule has 2 saturated carbocycles.